The van der Waals surface area contributed by atoms with Crippen LogP contribution in [0, 0.1) is 17.1 Å². The molecule has 0 bridgehead atoms. The van der Waals surface area contributed by atoms with E-state index in [1.165, 1.54) is 32.1 Å². The maximum absolute atomic E-state index is 13.6. The van der Waals surface area contributed by atoms with Crippen LogP contribution in [0.4, 0.5) is 4.39 Å². The van der Waals surface area contributed by atoms with E-state index in [2.05, 4.69) is 15.6 Å². The van der Waals surface area contributed by atoms with Crippen LogP contribution in [0.25, 0.3) is 0 Å². The molecule has 0 spiro atoms. The van der Waals surface area contributed by atoms with Gasteiger partial charge in [-0.05, 0) is 42.2 Å². The van der Waals surface area contributed by atoms with Gasteiger partial charge in [-0.1, -0.05) is 37.1 Å². The Labute approximate surface area is 198 Å². The minimum Gasteiger partial charge on any atom is -0.496 e. The molecule has 2 aromatic carbocycles. The molecule has 178 valence electrons. The first kappa shape index (κ1) is 23.4. The third kappa shape index (κ3) is 5.08. The minimum absolute atomic E-state index is 0.147. The molecule has 1 aliphatic carbocycles. The predicted molar refractivity (Wildman–Crippen MR) is 130 cm³/mol. The highest BCUT2D eigenvalue weighted by Crippen LogP contribution is 2.33. The van der Waals surface area contributed by atoms with E-state index in [1.807, 2.05) is 24.3 Å². The molecular weight excluding hydrogens is 435 g/mol. The Morgan fingerprint density at radius 2 is 2.03 bits per heavy atom. The molecule has 34 heavy (non-hydrogen) atoms. The number of carbonyl (C=O) groups is 1. The van der Waals surface area contributed by atoms with E-state index in [9.17, 15) is 9.18 Å². The third-order valence-electron chi connectivity index (χ3n) is 6.35. The van der Waals surface area contributed by atoms with Gasteiger partial charge in [0, 0.05) is 12.5 Å². The second kappa shape index (κ2) is 10.5. The summed E-state index contributed by atoms with van der Waals surface area (Å²) < 4.78 is 18.7. The molecule has 1 saturated carbocycles. The molecule has 0 saturated heterocycles. The Bertz CT molecular complexity index is 1110. The fourth-order valence-electron chi connectivity index (χ4n) is 4.55. The molecule has 0 aromatic heterocycles. The van der Waals surface area contributed by atoms with Crippen LogP contribution in [0.5, 0.6) is 5.75 Å². The summed E-state index contributed by atoms with van der Waals surface area (Å²) in [6.45, 7) is 0.277. The van der Waals surface area contributed by atoms with Crippen LogP contribution in [0.1, 0.15) is 53.2 Å². The molecule has 2 aliphatic rings. The number of benzene rings is 2. The lowest BCUT2D eigenvalue weighted by Gasteiger charge is -2.19. The van der Waals surface area contributed by atoms with E-state index in [1.54, 1.807) is 0 Å². The van der Waals surface area contributed by atoms with Crippen LogP contribution in [0.15, 0.2) is 52.4 Å². The minimum atomic E-state index is -0.501. The average Bonchev–Trinajstić information content (AvgIpc) is 3.53. The molecule has 5 N–H and O–H groups in total. The van der Waals surface area contributed by atoms with E-state index in [0.29, 0.717) is 17.5 Å². The van der Waals surface area contributed by atoms with Crippen LogP contribution in [0.3, 0.4) is 0 Å². The van der Waals surface area contributed by atoms with Gasteiger partial charge in [0.05, 0.1) is 12.7 Å². The molecule has 4 rings (SSSR count). The quantitative estimate of drug-likeness (QED) is 0.353. The molecule has 1 fully saturated rings. The lowest BCUT2D eigenvalue weighted by atomic mass is 9.99. The highest BCUT2D eigenvalue weighted by molar-refractivity contribution is 5.99. The average molecular weight is 465 g/mol. The van der Waals surface area contributed by atoms with E-state index >= 15 is 0 Å². The molecule has 2 unspecified atom stereocenters. The number of methoxy groups -OCH3 is 1. The van der Waals surface area contributed by atoms with Gasteiger partial charge in [-0.25, -0.2) is 9.38 Å². The highest BCUT2D eigenvalue weighted by atomic mass is 19.1. The molecule has 2 atom stereocenters. The van der Waals surface area contributed by atoms with Gasteiger partial charge >= 0.3 is 0 Å². The largest absolute Gasteiger partial charge is 0.496 e. The summed E-state index contributed by atoms with van der Waals surface area (Å²) in [4.78, 5) is 21.5. The topological polar surface area (TPSA) is 125 Å². The smallest absolute Gasteiger partial charge is 0.255 e. The monoisotopic (exact) mass is 464 g/mol. The van der Waals surface area contributed by atoms with Gasteiger partial charge < -0.3 is 21.1 Å². The summed E-state index contributed by atoms with van der Waals surface area (Å²) in [6, 6.07) is 11.1. The van der Waals surface area contributed by atoms with Crippen molar-refractivity contribution in [2.75, 3.05) is 7.11 Å². The van der Waals surface area contributed by atoms with Gasteiger partial charge in [0.1, 0.15) is 41.7 Å². The molecule has 8 nitrogen and oxygen atoms in total. The fraction of sp³-hybridized carbons (Fsp3) is 0.360. The lowest BCUT2D eigenvalue weighted by Crippen LogP contribution is -2.44. The van der Waals surface area contributed by atoms with Gasteiger partial charge in [-0.3, -0.25) is 15.2 Å². The zero-order valence-corrected chi connectivity index (χ0v) is 19.1. The van der Waals surface area contributed by atoms with Crippen LogP contribution in [-0.4, -0.2) is 37.1 Å². The van der Waals surface area contributed by atoms with E-state index in [0.717, 1.165) is 42.2 Å². The molecule has 2 aromatic rings. The number of hydrogen-bond donors (Lipinski definition) is 4. The number of rotatable bonds is 8. The summed E-state index contributed by atoms with van der Waals surface area (Å²) in [5.41, 5.74) is 8.16. The molecule has 9 heteroatoms. The number of nitrogens with one attached hydrogen (secondary N) is 3. The molecule has 1 heterocycles. The fourth-order valence-corrected chi connectivity index (χ4v) is 4.55. The number of amidine groups is 2. The molecule has 1 amide bonds. The predicted octanol–water partition coefficient (Wildman–Crippen LogP) is 3.33. The second-order valence-corrected chi connectivity index (χ2v) is 8.51. The highest BCUT2D eigenvalue weighted by Gasteiger charge is 2.36. The summed E-state index contributed by atoms with van der Waals surface area (Å²) in [5, 5.41) is 13.5. The van der Waals surface area contributed by atoms with Crippen LogP contribution >= 0.6 is 0 Å². The van der Waals surface area contributed by atoms with Gasteiger partial charge in [0.2, 0.25) is 0 Å². The SMILES string of the molecule is COc1ccc(F)cc1C(=O)NCc1ccc(C2N=C(C3CCCC3)NC2/C(N)=N\C=N)cc1. The Hall–Kier alpha value is -3.75. The normalized spacial score (nSPS) is 20.5. The van der Waals surface area contributed by atoms with Crippen molar-refractivity contribution < 1.29 is 13.9 Å². The Morgan fingerprint density at radius 1 is 1.29 bits per heavy atom. The summed E-state index contributed by atoms with van der Waals surface area (Å²) in [7, 11) is 1.44. The van der Waals surface area contributed by atoms with Gasteiger partial charge in [-0.15, -0.1) is 0 Å². The van der Waals surface area contributed by atoms with Crippen molar-refractivity contribution in [2.24, 2.45) is 21.6 Å². The first-order valence-electron chi connectivity index (χ1n) is 11.4. The summed E-state index contributed by atoms with van der Waals surface area (Å²) in [6.07, 6.45) is 5.57. The first-order valence-corrected chi connectivity index (χ1v) is 11.4. The van der Waals surface area contributed by atoms with Crippen molar-refractivity contribution in [1.29, 1.82) is 5.41 Å². The number of nitrogens with zero attached hydrogens (tertiary/aromatic N) is 2. The number of aliphatic imine (C=N–C) groups is 2. The number of amides is 1. The number of halogens is 1. The van der Waals surface area contributed by atoms with Gasteiger partial charge in [0.15, 0.2) is 0 Å². The first-order chi connectivity index (χ1) is 16.5. The number of hydrogen-bond acceptors (Lipinski definition) is 5. The van der Waals surface area contributed by atoms with E-state index < -0.39 is 11.7 Å². The number of nitrogens with two attached hydrogens (primary N) is 1. The van der Waals surface area contributed by atoms with Gasteiger partial charge in [-0.2, -0.15) is 0 Å². The molecule has 1 aliphatic heterocycles. The number of ether oxygens (including phenoxy) is 1. The molecule has 0 radical (unpaired) electrons. The van der Waals surface area contributed by atoms with Crippen LogP contribution in [-0.2, 0) is 6.54 Å². The van der Waals surface area contributed by atoms with E-state index in [-0.39, 0.29) is 24.2 Å². The standard InChI is InChI=1S/C25H29FN6O2/c1-34-20-11-10-18(26)12-19(20)25(33)29-13-15-6-8-16(9-7-15)21-22(23(28)30-14-27)32-24(31-21)17-4-2-3-5-17/h6-12,14,17,21-22H,2-5,13H2,1H3,(H,29,33)(H,31,32)(H3,27,28,30). The van der Waals surface area contributed by atoms with Crippen LogP contribution < -0.4 is 21.1 Å². The maximum Gasteiger partial charge on any atom is 0.255 e. The van der Waals surface area contributed by atoms with Crippen molar-refractivity contribution in [1.82, 2.24) is 10.6 Å². The van der Waals surface area contributed by atoms with Crippen LogP contribution in [0.2, 0.25) is 0 Å². The summed E-state index contributed by atoms with van der Waals surface area (Å²) >= 11 is 0. The Morgan fingerprint density at radius 3 is 2.71 bits per heavy atom. The third-order valence-corrected chi connectivity index (χ3v) is 6.35. The Balaban J connectivity index is 1.47. The van der Waals surface area contributed by atoms with E-state index in [4.69, 9.17) is 20.9 Å². The molecular formula is C25H29FN6O2. The van der Waals surface area contributed by atoms with Crippen molar-refractivity contribution in [2.45, 2.75) is 44.3 Å². The lowest BCUT2D eigenvalue weighted by molar-refractivity contribution is 0.0947. The summed E-state index contributed by atoms with van der Waals surface area (Å²) in [5.74, 6) is 1.11. The zero-order chi connectivity index (χ0) is 24.1. The number of carbonyl (C=O) groups excluding carboxylic acids is 1. The maximum atomic E-state index is 13.6. The van der Waals surface area contributed by atoms with Gasteiger partial charge in [0.25, 0.3) is 5.91 Å². The zero-order valence-electron chi connectivity index (χ0n) is 19.1. The van der Waals surface area contributed by atoms with Crippen molar-refractivity contribution in [3.8, 4) is 5.75 Å². The van der Waals surface area contributed by atoms with Crippen molar-refractivity contribution >= 4 is 23.9 Å². The second-order valence-electron chi connectivity index (χ2n) is 8.51. The van der Waals surface area contributed by atoms with Crippen molar-refractivity contribution in [3.05, 3.63) is 65.0 Å². The van der Waals surface area contributed by atoms with Crippen molar-refractivity contribution in [3.63, 3.8) is 0 Å². The Kier molecular flexibility index (Phi) is 7.20.